The van der Waals surface area contributed by atoms with Crippen molar-refractivity contribution in [1.29, 1.82) is 0 Å². The van der Waals surface area contributed by atoms with E-state index in [0.717, 1.165) is 0 Å². The van der Waals surface area contributed by atoms with Crippen LogP contribution in [0.15, 0.2) is 41.1 Å². The van der Waals surface area contributed by atoms with Crippen LogP contribution in [0.2, 0.25) is 0 Å². The maximum atomic E-state index is 4.35. The van der Waals surface area contributed by atoms with Crippen LogP contribution in [0.4, 0.5) is 0 Å². The molecule has 0 saturated carbocycles. The van der Waals surface area contributed by atoms with Gasteiger partial charge in [-0.15, -0.1) is 0 Å². The molecule has 1 aliphatic heterocycles. The summed E-state index contributed by atoms with van der Waals surface area (Å²) in [5.41, 5.74) is 1.21. The second kappa shape index (κ2) is 3.10. The molecule has 0 aromatic heterocycles. The molecular weight excluding hydrogens is 146 g/mol. The molecule has 0 fully saturated rings. The largest absolute Gasteiger partial charge is 0.261 e. The van der Waals surface area contributed by atoms with E-state index >= 15 is 0 Å². The van der Waals surface area contributed by atoms with Crippen LogP contribution in [0, 0.1) is 11.8 Å². The van der Waals surface area contributed by atoms with Crippen molar-refractivity contribution in [2.75, 3.05) is 0 Å². The lowest BCUT2D eigenvalue weighted by molar-refractivity contribution is 0.506. The molecule has 2 atom stereocenters. The van der Waals surface area contributed by atoms with Crippen LogP contribution in [0.3, 0.4) is 0 Å². The highest BCUT2D eigenvalue weighted by molar-refractivity contribution is 5.74. The Kier molecular flexibility index (Phi) is 1.94. The number of hydrogen-bond donors (Lipinski definition) is 0. The monoisotopic (exact) mass is 159 g/mol. The highest BCUT2D eigenvalue weighted by Crippen LogP contribution is 2.31. The summed E-state index contributed by atoms with van der Waals surface area (Å²) in [5.74, 6) is 1.18. The van der Waals surface area contributed by atoms with Gasteiger partial charge in [0.05, 0.1) is 0 Å². The third kappa shape index (κ3) is 1.15. The molecule has 1 heteroatoms. The first kappa shape index (κ1) is 7.53. The molecule has 2 aliphatic rings. The van der Waals surface area contributed by atoms with Gasteiger partial charge in [0.2, 0.25) is 0 Å². The minimum Gasteiger partial charge on any atom is -0.261 e. The van der Waals surface area contributed by atoms with Crippen molar-refractivity contribution in [3.05, 3.63) is 36.1 Å². The van der Waals surface area contributed by atoms with Gasteiger partial charge in [0, 0.05) is 17.8 Å². The molecule has 0 N–H and O–H groups in total. The van der Waals surface area contributed by atoms with Gasteiger partial charge >= 0.3 is 0 Å². The van der Waals surface area contributed by atoms with Crippen LogP contribution in [0.1, 0.15) is 13.3 Å². The Morgan fingerprint density at radius 3 is 3.08 bits per heavy atom. The molecule has 0 radical (unpaired) electrons. The molecule has 0 saturated heterocycles. The van der Waals surface area contributed by atoms with E-state index in [9.17, 15) is 0 Å². The SMILES string of the molecule is CCC1C=CC=C2N=CC=CC21. The average molecular weight is 159 g/mol. The Balaban J connectivity index is 2.29. The van der Waals surface area contributed by atoms with Crippen molar-refractivity contribution in [1.82, 2.24) is 0 Å². The Morgan fingerprint density at radius 1 is 1.33 bits per heavy atom. The zero-order valence-electron chi connectivity index (χ0n) is 7.27. The van der Waals surface area contributed by atoms with Gasteiger partial charge in [0.25, 0.3) is 0 Å². The number of dihydropyridines is 1. The van der Waals surface area contributed by atoms with Crippen LogP contribution in [-0.4, -0.2) is 6.21 Å². The van der Waals surface area contributed by atoms with Gasteiger partial charge in [-0.1, -0.05) is 25.2 Å². The fourth-order valence-corrected chi connectivity index (χ4v) is 1.81. The number of hydrogen-bond acceptors (Lipinski definition) is 1. The molecule has 0 spiro atoms. The molecule has 0 amide bonds. The van der Waals surface area contributed by atoms with Gasteiger partial charge < -0.3 is 0 Å². The zero-order chi connectivity index (χ0) is 8.39. The molecule has 2 rings (SSSR count). The first-order valence-electron chi connectivity index (χ1n) is 4.51. The first-order chi connectivity index (χ1) is 5.92. The molecular formula is C11H13N. The van der Waals surface area contributed by atoms with E-state index in [-0.39, 0.29) is 0 Å². The Labute approximate surface area is 73.2 Å². The quantitative estimate of drug-likeness (QED) is 0.558. The Morgan fingerprint density at radius 2 is 2.25 bits per heavy atom. The minimum atomic E-state index is 0.532. The molecule has 1 aliphatic carbocycles. The number of fused-ring (bicyclic) bond motifs is 1. The van der Waals surface area contributed by atoms with Gasteiger partial charge in [-0.25, -0.2) is 0 Å². The second-order valence-corrected chi connectivity index (χ2v) is 3.24. The van der Waals surface area contributed by atoms with E-state index < -0.39 is 0 Å². The van der Waals surface area contributed by atoms with Gasteiger partial charge in [0.1, 0.15) is 0 Å². The van der Waals surface area contributed by atoms with E-state index in [0.29, 0.717) is 11.8 Å². The van der Waals surface area contributed by atoms with Crippen LogP contribution in [0.5, 0.6) is 0 Å². The lowest BCUT2D eigenvalue weighted by Gasteiger charge is -2.25. The molecule has 62 valence electrons. The first-order valence-corrected chi connectivity index (χ1v) is 4.51. The van der Waals surface area contributed by atoms with Crippen LogP contribution < -0.4 is 0 Å². The molecule has 0 bridgehead atoms. The van der Waals surface area contributed by atoms with Gasteiger partial charge in [-0.05, 0) is 24.5 Å². The summed E-state index contributed by atoms with van der Waals surface area (Å²) in [4.78, 5) is 4.35. The number of rotatable bonds is 1. The fraction of sp³-hybridized carbons (Fsp3) is 0.364. The van der Waals surface area contributed by atoms with Crippen LogP contribution >= 0.6 is 0 Å². The predicted octanol–water partition coefficient (Wildman–Crippen LogP) is 2.72. The lowest BCUT2D eigenvalue weighted by atomic mass is 9.83. The minimum absolute atomic E-state index is 0.532. The van der Waals surface area contributed by atoms with Crippen molar-refractivity contribution in [3.63, 3.8) is 0 Å². The summed E-state index contributed by atoms with van der Waals surface area (Å²) in [6.45, 7) is 2.23. The van der Waals surface area contributed by atoms with E-state index in [2.05, 4.69) is 36.2 Å². The summed E-state index contributed by atoms with van der Waals surface area (Å²) in [6.07, 6.45) is 13.9. The van der Waals surface area contributed by atoms with E-state index in [1.165, 1.54) is 12.1 Å². The fourth-order valence-electron chi connectivity index (χ4n) is 1.81. The van der Waals surface area contributed by atoms with Gasteiger partial charge in [0.15, 0.2) is 0 Å². The summed E-state index contributed by atoms with van der Waals surface area (Å²) in [6, 6.07) is 0. The highest BCUT2D eigenvalue weighted by atomic mass is 14.8. The summed E-state index contributed by atoms with van der Waals surface area (Å²) < 4.78 is 0. The predicted molar refractivity (Wildman–Crippen MR) is 52.1 cm³/mol. The number of allylic oxidation sites excluding steroid dienone is 5. The molecule has 1 heterocycles. The maximum absolute atomic E-state index is 4.35. The zero-order valence-corrected chi connectivity index (χ0v) is 7.27. The normalized spacial score (nSPS) is 31.6. The van der Waals surface area contributed by atoms with Crippen molar-refractivity contribution in [3.8, 4) is 0 Å². The van der Waals surface area contributed by atoms with Crippen LogP contribution in [-0.2, 0) is 0 Å². The molecule has 2 unspecified atom stereocenters. The third-order valence-electron chi connectivity index (χ3n) is 2.53. The van der Waals surface area contributed by atoms with Crippen molar-refractivity contribution >= 4 is 6.21 Å². The third-order valence-corrected chi connectivity index (χ3v) is 2.53. The van der Waals surface area contributed by atoms with E-state index in [1.54, 1.807) is 0 Å². The summed E-state index contributed by atoms with van der Waals surface area (Å²) in [7, 11) is 0. The average Bonchev–Trinajstić information content (AvgIpc) is 2.17. The van der Waals surface area contributed by atoms with Crippen molar-refractivity contribution in [2.24, 2.45) is 16.8 Å². The summed E-state index contributed by atoms with van der Waals surface area (Å²) >= 11 is 0. The maximum Gasteiger partial charge on any atom is 0.0478 e. The Bertz CT molecular complexity index is 281. The number of aliphatic imine (C=N–C) groups is 1. The van der Waals surface area contributed by atoms with Gasteiger partial charge in [-0.3, -0.25) is 4.99 Å². The highest BCUT2D eigenvalue weighted by Gasteiger charge is 2.21. The second-order valence-electron chi connectivity index (χ2n) is 3.24. The molecule has 1 nitrogen and oxygen atoms in total. The van der Waals surface area contributed by atoms with E-state index in [4.69, 9.17) is 0 Å². The van der Waals surface area contributed by atoms with E-state index in [1.807, 2.05) is 12.3 Å². The smallest absolute Gasteiger partial charge is 0.0478 e. The molecule has 0 aromatic rings. The topological polar surface area (TPSA) is 12.4 Å². The van der Waals surface area contributed by atoms with Crippen molar-refractivity contribution in [2.45, 2.75) is 13.3 Å². The van der Waals surface area contributed by atoms with Crippen molar-refractivity contribution < 1.29 is 0 Å². The number of nitrogens with zero attached hydrogens (tertiary/aromatic N) is 1. The summed E-state index contributed by atoms with van der Waals surface area (Å²) in [5, 5.41) is 0. The Hall–Kier alpha value is -1.11. The lowest BCUT2D eigenvalue weighted by Crippen LogP contribution is -2.15. The molecule has 0 aromatic carbocycles. The molecule has 12 heavy (non-hydrogen) atoms. The standard InChI is InChI=1S/C11H13N/c1-2-9-5-3-7-11-10(9)6-4-8-12-11/h3-10H,2H2,1H3. The van der Waals surface area contributed by atoms with Crippen LogP contribution in [0.25, 0.3) is 0 Å². The van der Waals surface area contributed by atoms with Gasteiger partial charge in [-0.2, -0.15) is 0 Å².